The van der Waals surface area contributed by atoms with Crippen LogP contribution in [0.5, 0.6) is 5.88 Å². The first-order valence-corrected chi connectivity index (χ1v) is 5.85. The summed E-state index contributed by atoms with van der Waals surface area (Å²) in [6, 6.07) is 13.7. The molecule has 0 saturated heterocycles. The molecule has 0 radical (unpaired) electrons. The summed E-state index contributed by atoms with van der Waals surface area (Å²) in [5, 5.41) is 14.9. The highest BCUT2D eigenvalue weighted by atomic mass is 16.5. The van der Waals surface area contributed by atoms with E-state index in [1.807, 2.05) is 36.4 Å². The zero-order chi connectivity index (χ0) is 13.1. The van der Waals surface area contributed by atoms with E-state index in [9.17, 15) is 0 Å². The van der Waals surface area contributed by atoms with E-state index in [0.717, 1.165) is 22.5 Å². The SMILES string of the molecule is COc1ccc(-c2ccc(-c3ccn[nH]3)cc2)nn1. The predicted octanol–water partition coefficient (Wildman–Crippen LogP) is 2.54. The number of methoxy groups -OCH3 is 1. The van der Waals surface area contributed by atoms with Crippen LogP contribution in [-0.4, -0.2) is 27.5 Å². The Morgan fingerprint density at radius 1 is 0.895 bits per heavy atom. The van der Waals surface area contributed by atoms with Crippen LogP contribution in [0, 0.1) is 0 Å². The van der Waals surface area contributed by atoms with E-state index < -0.39 is 0 Å². The van der Waals surface area contributed by atoms with Gasteiger partial charge in [0.1, 0.15) is 0 Å². The van der Waals surface area contributed by atoms with Gasteiger partial charge in [-0.3, -0.25) is 5.10 Å². The topological polar surface area (TPSA) is 63.7 Å². The number of nitrogens with one attached hydrogen (secondary N) is 1. The molecule has 1 N–H and O–H groups in total. The molecule has 0 spiro atoms. The van der Waals surface area contributed by atoms with Crippen LogP contribution in [0.25, 0.3) is 22.5 Å². The van der Waals surface area contributed by atoms with Crippen molar-refractivity contribution in [3.05, 3.63) is 48.7 Å². The van der Waals surface area contributed by atoms with Gasteiger partial charge < -0.3 is 4.74 Å². The summed E-state index contributed by atoms with van der Waals surface area (Å²) >= 11 is 0. The number of rotatable bonds is 3. The van der Waals surface area contributed by atoms with Crippen molar-refractivity contribution in [2.75, 3.05) is 7.11 Å². The quantitative estimate of drug-likeness (QED) is 0.778. The molecular formula is C14H12N4O. The highest BCUT2D eigenvalue weighted by Crippen LogP contribution is 2.22. The Hall–Kier alpha value is -2.69. The molecule has 0 atom stereocenters. The Bertz CT molecular complexity index is 645. The standard InChI is InChI=1S/C14H12N4O/c1-19-14-7-6-12(17-18-14)10-2-4-11(5-3-10)13-8-9-15-16-13/h2-9H,1H3,(H,15,16). The van der Waals surface area contributed by atoms with Crippen molar-refractivity contribution in [3.63, 3.8) is 0 Å². The van der Waals surface area contributed by atoms with E-state index >= 15 is 0 Å². The molecule has 2 heterocycles. The number of H-pyrrole nitrogens is 1. The van der Waals surface area contributed by atoms with Gasteiger partial charge in [-0.15, -0.1) is 10.2 Å². The molecule has 94 valence electrons. The Morgan fingerprint density at radius 3 is 2.26 bits per heavy atom. The minimum atomic E-state index is 0.512. The number of ether oxygens (including phenoxy) is 1. The lowest BCUT2D eigenvalue weighted by molar-refractivity contribution is 0.392. The summed E-state index contributed by atoms with van der Waals surface area (Å²) in [5.41, 5.74) is 3.91. The highest BCUT2D eigenvalue weighted by Gasteiger charge is 2.03. The van der Waals surface area contributed by atoms with Gasteiger partial charge in [0.25, 0.3) is 0 Å². The Labute approximate surface area is 110 Å². The first kappa shape index (κ1) is 11.4. The lowest BCUT2D eigenvalue weighted by atomic mass is 10.1. The molecule has 19 heavy (non-hydrogen) atoms. The third kappa shape index (κ3) is 2.30. The lowest BCUT2D eigenvalue weighted by Crippen LogP contribution is -1.92. The molecule has 0 aliphatic rings. The molecule has 0 fully saturated rings. The van der Waals surface area contributed by atoms with Crippen molar-refractivity contribution >= 4 is 0 Å². The largest absolute Gasteiger partial charge is 0.480 e. The van der Waals surface area contributed by atoms with E-state index in [2.05, 4.69) is 20.4 Å². The summed E-state index contributed by atoms with van der Waals surface area (Å²) in [5.74, 6) is 0.512. The van der Waals surface area contributed by atoms with E-state index in [4.69, 9.17) is 4.74 Å². The van der Waals surface area contributed by atoms with Gasteiger partial charge in [-0.25, -0.2) is 0 Å². The third-order valence-electron chi connectivity index (χ3n) is 2.84. The van der Waals surface area contributed by atoms with Crippen LogP contribution in [0.15, 0.2) is 48.7 Å². The van der Waals surface area contributed by atoms with Crippen molar-refractivity contribution in [2.24, 2.45) is 0 Å². The molecule has 2 aromatic heterocycles. The molecule has 0 aliphatic heterocycles. The predicted molar refractivity (Wildman–Crippen MR) is 71.6 cm³/mol. The molecule has 0 unspecified atom stereocenters. The van der Waals surface area contributed by atoms with Gasteiger partial charge >= 0.3 is 0 Å². The number of hydrogen-bond acceptors (Lipinski definition) is 4. The number of hydrogen-bond donors (Lipinski definition) is 1. The summed E-state index contributed by atoms with van der Waals surface area (Å²) in [7, 11) is 1.57. The summed E-state index contributed by atoms with van der Waals surface area (Å²) < 4.78 is 4.99. The van der Waals surface area contributed by atoms with Crippen molar-refractivity contribution in [1.82, 2.24) is 20.4 Å². The molecule has 0 saturated carbocycles. The van der Waals surface area contributed by atoms with Crippen LogP contribution in [-0.2, 0) is 0 Å². The van der Waals surface area contributed by atoms with Crippen LogP contribution >= 0.6 is 0 Å². The minimum absolute atomic E-state index is 0.512. The molecule has 1 aromatic carbocycles. The second-order valence-electron chi connectivity index (χ2n) is 4.01. The zero-order valence-corrected chi connectivity index (χ0v) is 10.4. The Kier molecular flexibility index (Phi) is 2.94. The van der Waals surface area contributed by atoms with Crippen molar-refractivity contribution in [2.45, 2.75) is 0 Å². The van der Waals surface area contributed by atoms with Crippen LogP contribution in [0.1, 0.15) is 0 Å². The molecular weight excluding hydrogens is 240 g/mol. The van der Waals surface area contributed by atoms with E-state index in [1.165, 1.54) is 0 Å². The first-order chi connectivity index (χ1) is 9.36. The van der Waals surface area contributed by atoms with Crippen LogP contribution < -0.4 is 4.74 Å². The van der Waals surface area contributed by atoms with Crippen molar-refractivity contribution < 1.29 is 4.74 Å². The van der Waals surface area contributed by atoms with Crippen LogP contribution in [0.2, 0.25) is 0 Å². The van der Waals surface area contributed by atoms with Gasteiger partial charge in [-0.05, 0) is 17.7 Å². The second kappa shape index (κ2) is 4.89. The van der Waals surface area contributed by atoms with Crippen LogP contribution in [0.3, 0.4) is 0 Å². The van der Waals surface area contributed by atoms with Gasteiger partial charge in [0, 0.05) is 17.8 Å². The average Bonchev–Trinajstić information content (AvgIpc) is 3.02. The fourth-order valence-electron chi connectivity index (χ4n) is 1.82. The number of nitrogens with zero attached hydrogens (tertiary/aromatic N) is 3. The molecule has 0 aliphatic carbocycles. The number of aromatic nitrogens is 4. The normalized spacial score (nSPS) is 10.4. The van der Waals surface area contributed by atoms with Gasteiger partial charge in [0.15, 0.2) is 0 Å². The van der Waals surface area contributed by atoms with E-state index in [1.54, 1.807) is 19.4 Å². The van der Waals surface area contributed by atoms with Crippen LogP contribution in [0.4, 0.5) is 0 Å². The first-order valence-electron chi connectivity index (χ1n) is 5.85. The monoisotopic (exact) mass is 252 g/mol. The van der Waals surface area contributed by atoms with E-state index in [-0.39, 0.29) is 0 Å². The number of aromatic amines is 1. The van der Waals surface area contributed by atoms with Crippen molar-refractivity contribution in [1.29, 1.82) is 0 Å². The third-order valence-corrected chi connectivity index (χ3v) is 2.84. The molecule has 5 nitrogen and oxygen atoms in total. The van der Waals surface area contributed by atoms with Gasteiger partial charge in [-0.2, -0.15) is 5.10 Å². The fraction of sp³-hybridized carbons (Fsp3) is 0.0714. The van der Waals surface area contributed by atoms with Gasteiger partial charge in [-0.1, -0.05) is 24.3 Å². The maximum Gasteiger partial charge on any atom is 0.233 e. The fourth-order valence-corrected chi connectivity index (χ4v) is 1.82. The Balaban J connectivity index is 1.89. The second-order valence-corrected chi connectivity index (χ2v) is 4.01. The molecule has 0 bridgehead atoms. The van der Waals surface area contributed by atoms with Gasteiger partial charge in [0.05, 0.1) is 18.5 Å². The minimum Gasteiger partial charge on any atom is -0.480 e. The Morgan fingerprint density at radius 2 is 1.68 bits per heavy atom. The van der Waals surface area contributed by atoms with Gasteiger partial charge in [0.2, 0.25) is 5.88 Å². The average molecular weight is 252 g/mol. The highest BCUT2D eigenvalue weighted by molar-refractivity contribution is 5.66. The van der Waals surface area contributed by atoms with Crippen molar-refractivity contribution in [3.8, 4) is 28.4 Å². The van der Waals surface area contributed by atoms with E-state index in [0.29, 0.717) is 5.88 Å². The summed E-state index contributed by atoms with van der Waals surface area (Å²) in [4.78, 5) is 0. The maximum absolute atomic E-state index is 4.99. The zero-order valence-electron chi connectivity index (χ0n) is 10.4. The maximum atomic E-state index is 4.99. The summed E-state index contributed by atoms with van der Waals surface area (Å²) in [6.45, 7) is 0. The summed E-state index contributed by atoms with van der Waals surface area (Å²) in [6.07, 6.45) is 1.73. The molecule has 3 aromatic rings. The smallest absolute Gasteiger partial charge is 0.233 e. The molecule has 5 heteroatoms. The molecule has 3 rings (SSSR count). The number of benzene rings is 1. The lowest BCUT2D eigenvalue weighted by Gasteiger charge is -2.03. The molecule has 0 amide bonds.